The van der Waals surface area contributed by atoms with Crippen molar-refractivity contribution < 1.29 is 38.2 Å². The number of piperidine rings is 1. The van der Waals surface area contributed by atoms with Crippen LogP contribution in [0.15, 0.2) is 18.2 Å². The van der Waals surface area contributed by atoms with Crippen LogP contribution in [0, 0.1) is 0 Å². The molecular weight excluding hydrogens is 470 g/mol. The number of nitrogens with zero attached hydrogens (tertiary/aromatic N) is 1. The summed E-state index contributed by atoms with van der Waals surface area (Å²) in [5.41, 5.74) is 0.899. The molecule has 2 heterocycles. The van der Waals surface area contributed by atoms with Gasteiger partial charge in [0.1, 0.15) is 12.6 Å². The van der Waals surface area contributed by atoms with Gasteiger partial charge in [-0.25, -0.2) is 0 Å². The average Bonchev–Trinajstić information content (AvgIpc) is 3.11. The number of hydrogen-bond donors (Lipinski definition) is 2. The number of esters is 1. The first-order valence-corrected chi connectivity index (χ1v) is 12.3. The summed E-state index contributed by atoms with van der Waals surface area (Å²) in [6.07, 6.45) is 3.52. The van der Waals surface area contributed by atoms with Crippen molar-refractivity contribution in [1.82, 2.24) is 10.2 Å². The fourth-order valence-electron chi connectivity index (χ4n) is 4.05. The van der Waals surface area contributed by atoms with E-state index in [1.54, 1.807) is 18.2 Å². The Kier molecular flexibility index (Phi) is 10.4. The highest BCUT2D eigenvalue weighted by Gasteiger charge is 2.45. The predicted octanol–water partition coefficient (Wildman–Crippen LogP) is 1.66. The molecule has 1 fully saturated rings. The van der Waals surface area contributed by atoms with Gasteiger partial charge in [0.25, 0.3) is 11.8 Å². The first-order chi connectivity index (χ1) is 17.4. The molecule has 0 aromatic heterocycles. The van der Waals surface area contributed by atoms with E-state index in [-0.39, 0.29) is 36.5 Å². The van der Waals surface area contributed by atoms with E-state index in [1.165, 1.54) is 0 Å². The van der Waals surface area contributed by atoms with E-state index in [1.807, 2.05) is 0 Å². The average molecular weight is 504 g/mol. The summed E-state index contributed by atoms with van der Waals surface area (Å²) in [6.45, 7) is 4.00. The lowest BCUT2D eigenvalue weighted by Crippen LogP contribution is -2.54. The van der Waals surface area contributed by atoms with Crippen molar-refractivity contribution in [2.45, 2.75) is 51.5 Å². The summed E-state index contributed by atoms with van der Waals surface area (Å²) >= 11 is 0. The molecule has 0 spiro atoms. The summed E-state index contributed by atoms with van der Waals surface area (Å²) in [5, 5.41) is 5.29. The van der Waals surface area contributed by atoms with E-state index in [2.05, 4.69) is 17.6 Å². The Hall–Kier alpha value is -3.31. The van der Waals surface area contributed by atoms with Crippen molar-refractivity contribution in [2.24, 2.45) is 0 Å². The van der Waals surface area contributed by atoms with Crippen molar-refractivity contribution in [1.29, 1.82) is 0 Å². The maximum absolute atomic E-state index is 13.0. The largest absolute Gasteiger partial charge is 0.463 e. The van der Waals surface area contributed by atoms with Crippen molar-refractivity contribution in [2.75, 3.05) is 44.9 Å². The Morgan fingerprint density at radius 2 is 1.78 bits per heavy atom. The Morgan fingerprint density at radius 3 is 2.53 bits per heavy atom. The van der Waals surface area contributed by atoms with Crippen LogP contribution >= 0.6 is 0 Å². The SMILES string of the molecule is CCCCCC(=O)OCCOCCOCCNc1cccc2c1C(=O)N(C1CCC(=O)NC1=O)C2=O. The van der Waals surface area contributed by atoms with E-state index < -0.39 is 29.7 Å². The molecule has 4 amide bonds. The molecule has 1 saturated heterocycles. The second-order valence-electron chi connectivity index (χ2n) is 8.50. The molecule has 0 bridgehead atoms. The van der Waals surface area contributed by atoms with Gasteiger partial charge in [0.2, 0.25) is 11.8 Å². The third kappa shape index (κ3) is 7.11. The Balaban J connectivity index is 1.36. The fraction of sp³-hybridized carbons (Fsp3) is 0.560. The van der Waals surface area contributed by atoms with Crippen LogP contribution in [0.3, 0.4) is 0 Å². The van der Waals surface area contributed by atoms with Crippen LogP contribution in [-0.4, -0.2) is 80.1 Å². The van der Waals surface area contributed by atoms with Gasteiger partial charge < -0.3 is 19.5 Å². The second kappa shape index (κ2) is 13.7. The lowest BCUT2D eigenvalue weighted by molar-refractivity contribution is -0.145. The number of benzene rings is 1. The van der Waals surface area contributed by atoms with Crippen molar-refractivity contribution in [3.63, 3.8) is 0 Å². The van der Waals surface area contributed by atoms with Gasteiger partial charge >= 0.3 is 5.97 Å². The molecule has 2 N–H and O–H groups in total. The van der Waals surface area contributed by atoms with Crippen LogP contribution in [-0.2, 0) is 28.6 Å². The van der Waals surface area contributed by atoms with Crippen LogP contribution in [0.4, 0.5) is 5.69 Å². The molecule has 196 valence electrons. The fourth-order valence-corrected chi connectivity index (χ4v) is 4.05. The highest BCUT2D eigenvalue weighted by Crippen LogP contribution is 2.32. The number of hydrogen-bond acceptors (Lipinski definition) is 9. The molecule has 0 radical (unpaired) electrons. The van der Waals surface area contributed by atoms with E-state index >= 15 is 0 Å². The van der Waals surface area contributed by atoms with E-state index in [4.69, 9.17) is 14.2 Å². The van der Waals surface area contributed by atoms with Gasteiger partial charge in [0.05, 0.1) is 37.6 Å². The minimum Gasteiger partial charge on any atom is -0.463 e. The Labute approximate surface area is 209 Å². The topological polar surface area (TPSA) is 140 Å². The number of ether oxygens (including phenoxy) is 3. The molecule has 36 heavy (non-hydrogen) atoms. The highest BCUT2D eigenvalue weighted by atomic mass is 16.6. The molecular formula is C25H33N3O8. The quantitative estimate of drug-likeness (QED) is 0.208. The van der Waals surface area contributed by atoms with E-state index in [9.17, 15) is 24.0 Å². The molecule has 0 aliphatic carbocycles. The third-order valence-corrected chi connectivity index (χ3v) is 5.88. The molecule has 1 atom stereocenters. The smallest absolute Gasteiger partial charge is 0.305 e. The maximum atomic E-state index is 13.0. The number of amides is 4. The van der Waals surface area contributed by atoms with Crippen molar-refractivity contribution >= 4 is 35.3 Å². The molecule has 2 aliphatic heterocycles. The first-order valence-electron chi connectivity index (χ1n) is 12.3. The van der Waals surface area contributed by atoms with Gasteiger partial charge in [0, 0.05) is 25.1 Å². The summed E-state index contributed by atoms with van der Waals surface area (Å²) in [6, 6.07) is 3.88. The number of imide groups is 2. The zero-order valence-corrected chi connectivity index (χ0v) is 20.5. The van der Waals surface area contributed by atoms with Crippen molar-refractivity contribution in [3.8, 4) is 0 Å². The van der Waals surface area contributed by atoms with Gasteiger partial charge in [-0.3, -0.25) is 34.2 Å². The summed E-state index contributed by atoms with van der Waals surface area (Å²) in [5.74, 6) is -2.37. The number of carbonyl (C=O) groups excluding carboxylic acids is 5. The molecule has 3 rings (SSSR count). The zero-order valence-electron chi connectivity index (χ0n) is 20.5. The number of anilines is 1. The first kappa shape index (κ1) is 27.3. The van der Waals surface area contributed by atoms with Gasteiger partial charge in [-0.05, 0) is 25.0 Å². The summed E-state index contributed by atoms with van der Waals surface area (Å²) < 4.78 is 16.0. The normalized spacial score (nSPS) is 17.2. The summed E-state index contributed by atoms with van der Waals surface area (Å²) in [4.78, 5) is 62.0. The minimum atomic E-state index is -1.00. The van der Waals surface area contributed by atoms with E-state index in [0.717, 1.165) is 24.2 Å². The van der Waals surface area contributed by atoms with Gasteiger partial charge in [0.15, 0.2) is 0 Å². The van der Waals surface area contributed by atoms with Crippen LogP contribution in [0.5, 0.6) is 0 Å². The van der Waals surface area contributed by atoms with Crippen LogP contribution in [0.25, 0.3) is 0 Å². The van der Waals surface area contributed by atoms with Crippen molar-refractivity contribution in [3.05, 3.63) is 29.3 Å². The van der Waals surface area contributed by atoms with Gasteiger partial charge in [-0.15, -0.1) is 0 Å². The lowest BCUT2D eigenvalue weighted by atomic mass is 10.0. The Morgan fingerprint density at radius 1 is 1.03 bits per heavy atom. The number of rotatable bonds is 15. The number of unbranched alkanes of at least 4 members (excludes halogenated alkanes) is 2. The molecule has 1 unspecified atom stereocenters. The zero-order chi connectivity index (χ0) is 25.9. The molecule has 1 aromatic carbocycles. The van der Waals surface area contributed by atoms with Crippen LogP contribution in [0.2, 0.25) is 0 Å². The molecule has 11 heteroatoms. The van der Waals surface area contributed by atoms with Crippen LogP contribution < -0.4 is 10.6 Å². The molecule has 0 saturated carbocycles. The highest BCUT2D eigenvalue weighted by molar-refractivity contribution is 6.25. The predicted molar refractivity (Wildman–Crippen MR) is 128 cm³/mol. The molecule has 1 aromatic rings. The monoisotopic (exact) mass is 503 g/mol. The standard InChI is InChI=1S/C25H33N3O8/c1-2-3-4-8-21(30)36-16-15-35-14-13-34-12-11-26-18-7-5-6-17-22(18)25(33)28(24(17)32)19-9-10-20(29)27-23(19)31/h5-7,19,26H,2-4,8-16H2,1H3,(H,27,29,31). The molecule has 11 nitrogen and oxygen atoms in total. The van der Waals surface area contributed by atoms with Gasteiger partial charge in [-0.1, -0.05) is 25.8 Å². The minimum absolute atomic E-state index is 0.0696. The maximum Gasteiger partial charge on any atom is 0.305 e. The summed E-state index contributed by atoms with van der Waals surface area (Å²) in [7, 11) is 0. The van der Waals surface area contributed by atoms with E-state index in [0.29, 0.717) is 45.1 Å². The van der Waals surface area contributed by atoms with Gasteiger partial charge in [-0.2, -0.15) is 0 Å². The lowest BCUT2D eigenvalue weighted by Gasteiger charge is -2.27. The molecule has 2 aliphatic rings. The Bertz CT molecular complexity index is 980. The second-order valence-corrected chi connectivity index (χ2v) is 8.50. The van der Waals surface area contributed by atoms with Crippen LogP contribution in [0.1, 0.15) is 66.2 Å². The number of fused-ring (bicyclic) bond motifs is 1. The number of nitrogens with one attached hydrogen (secondary N) is 2. The third-order valence-electron chi connectivity index (χ3n) is 5.88. The number of carbonyl (C=O) groups is 5.